The van der Waals surface area contributed by atoms with Crippen LogP contribution in [-0.2, 0) is 21.9 Å². The van der Waals surface area contributed by atoms with E-state index in [1.165, 1.54) is 5.56 Å². The minimum Gasteiger partial charge on any atom is -0.497 e. The van der Waals surface area contributed by atoms with E-state index in [0.717, 1.165) is 21.0 Å². The van der Waals surface area contributed by atoms with Gasteiger partial charge in [-0.3, -0.25) is 19.3 Å². The number of anilines is 1. The van der Waals surface area contributed by atoms with Crippen LogP contribution in [0, 0.1) is 69.5 Å². The zero-order valence-electron chi connectivity index (χ0n) is 23.5. The van der Waals surface area contributed by atoms with Gasteiger partial charge in [-0.1, -0.05) is 29.8 Å². The Morgan fingerprint density at radius 3 is 1.81 bits per heavy atom. The molecular formula is C35H28FeN2O4S+2. The molecule has 214 valence electrons. The number of β-lactam (4-membered cyclic amide) rings is 1. The number of imide groups is 1. The van der Waals surface area contributed by atoms with Crippen LogP contribution >= 0.6 is 11.8 Å². The molecular weight excluding hydrogens is 600 g/mol. The monoisotopic (exact) mass is 628 g/mol. The summed E-state index contributed by atoms with van der Waals surface area (Å²) in [5.74, 6) is 0.407. The number of amides is 3. The van der Waals surface area contributed by atoms with E-state index in [0.29, 0.717) is 22.6 Å². The van der Waals surface area contributed by atoms with E-state index in [4.69, 9.17) is 4.74 Å². The number of hydrogen-bond donors (Lipinski definition) is 0. The number of rotatable bonds is 6. The minimum atomic E-state index is -0.936. The van der Waals surface area contributed by atoms with Crippen molar-refractivity contribution in [2.24, 2.45) is 0 Å². The molecule has 0 spiro atoms. The van der Waals surface area contributed by atoms with E-state index in [-0.39, 0.29) is 23.0 Å². The molecule has 2 heterocycles. The second-order valence-corrected chi connectivity index (χ2v) is 11.2. The Kier molecular flexibility index (Phi) is 10.0. The third-order valence-corrected chi connectivity index (χ3v) is 8.55. The van der Waals surface area contributed by atoms with Crippen LogP contribution in [0.4, 0.5) is 5.69 Å². The quantitative estimate of drug-likeness (QED) is 0.193. The second-order valence-electron chi connectivity index (χ2n) is 10.0. The largest absolute Gasteiger partial charge is 2.00 e. The summed E-state index contributed by atoms with van der Waals surface area (Å²) in [4.78, 5) is 44.3. The number of carbonyl (C=O) groups excluding carboxylic acids is 3. The van der Waals surface area contributed by atoms with Crippen LogP contribution in [0.25, 0.3) is 0 Å². The van der Waals surface area contributed by atoms with Gasteiger partial charge in [0.1, 0.15) is 11.8 Å². The maximum Gasteiger partial charge on any atom is 2.00 e. The average Bonchev–Trinajstić information content (AvgIpc) is 3.79. The van der Waals surface area contributed by atoms with E-state index in [1.807, 2.05) is 70.4 Å². The molecule has 7 rings (SSSR count). The van der Waals surface area contributed by atoms with Crippen molar-refractivity contribution in [3.63, 3.8) is 0 Å². The first-order chi connectivity index (χ1) is 20.5. The van der Waals surface area contributed by atoms with Gasteiger partial charge in [-0.25, -0.2) is 0 Å². The molecule has 2 atom stereocenters. The van der Waals surface area contributed by atoms with Gasteiger partial charge < -0.3 is 9.64 Å². The van der Waals surface area contributed by atoms with Gasteiger partial charge in [0.25, 0.3) is 17.7 Å². The molecule has 43 heavy (non-hydrogen) atoms. The number of thioether (sulfide) groups is 1. The molecule has 3 fully saturated rings. The molecule has 3 amide bonds. The van der Waals surface area contributed by atoms with Crippen molar-refractivity contribution in [3.8, 4) is 5.75 Å². The van der Waals surface area contributed by atoms with Crippen molar-refractivity contribution < 1.29 is 36.2 Å². The summed E-state index contributed by atoms with van der Waals surface area (Å²) in [6, 6.07) is 20.7. The summed E-state index contributed by atoms with van der Waals surface area (Å²) in [7, 11) is 1.59. The number of benzene rings is 3. The third kappa shape index (κ3) is 6.15. The second kappa shape index (κ2) is 13.7. The predicted octanol–water partition coefficient (Wildman–Crippen LogP) is 5.93. The fourth-order valence-electron chi connectivity index (χ4n) is 5.33. The first-order valence-corrected chi connectivity index (χ1v) is 14.4. The van der Waals surface area contributed by atoms with E-state index < -0.39 is 23.9 Å². The number of hydrogen-bond acceptors (Lipinski definition) is 5. The van der Waals surface area contributed by atoms with E-state index in [1.54, 1.807) is 60.2 Å². The minimum absolute atomic E-state index is 0. The van der Waals surface area contributed by atoms with Gasteiger partial charge in [0.2, 0.25) is 0 Å². The predicted molar refractivity (Wildman–Crippen MR) is 163 cm³/mol. The van der Waals surface area contributed by atoms with E-state index in [2.05, 4.69) is 24.3 Å². The Morgan fingerprint density at radius 2 is 1.26 bits per heavy atom. The zero-order chi connectivity index (χ0) is 29.2. The van der Waals surface area contributed by atoms with Gasteiger partial charge >= 0.3 is 17.1 Å². The summed E-state index contributed by atoms with van der Waals surface area (Å²) in [5, 5.41) is 0.974. The molecule has 3 aromatic rings. The zero-order valence-corrected chi connectivity index (χ0v) is 25.4. The number of aryl methyl sites for hydroxylation is 1. The van der Waals surface area contributed by atoms with Crippen LogP contribution in [-0.4, -0.2) is 41.8 Å². The summed E-state index contributed by atoms with van der Waals surface area (Å²) < 4.78 is 5.28. The molecule has 10 radical (unpaired) electrons. The number of methoxy groups -OCH3 is 1. The Labute approximate surface area is 269 Å². The normalized spacial score (nSPS) is 21.7. The van der Waals surface area contributed by atoms with Crippen molar-refractivity contribution in [2.45, 2.75) is 23.9 Å². The fourth-order valence-corrected chi connectivity index (χ4v) is 6.31. The van der Waals surface area contributed by atoms with Crippen LogP contribution in [0.3, 0.4) is 0 Å². The number of nitrogens with zero attached hydrogens (tertiary/aromatic N) is 2. The standard InChI is InChI=1S/C30H23N2O4S.C5H5.Fe/c1-18-10-16-21(17-11-18)37-25-9-5-8-24(25)26-27(30(35)31(26)19-12-14-20(36-2)15-13-19)32-28(33)22-6-3-4-7-23(22)29(32)34;1-2-4-5-3-1;/h3-17,26-27H,1-2H3;1-5H;/q;;+2/t26-,27+;;/m1../s1. The van der Waals surface area contributed by atoms with Gasteiger partial charge in [0.15, 0.2) is 0 Å². The molecule has 1 saturated heterocycles. The van der Waals surface area contributed by atoms with Crippen LogP contribution in [0.2, 0.25) is 0 Å². The molecule has 0 bridgehead atoms. The number of carbonyl (C=O) groups is 3. The van der Waals surface area contributed by atoms with Crippen LogP contribution in [0.5, 0.6) is 5.75 Å². The first kappa shape index (κ1) is 31.4. The topological polar surface area (TPSA) is 66.9 Å². The molecule has 2 aliphatic carbocycles. The Balaban J connectivity index is 0.000000559. The summed E-state index contributed by atoms with van der Waals surface area (Å²) in [6.07, 6.45) is 15.9. The van der Waals surface area contributed by atoms with Gasteiger partial charge in [0, 0.05) is 21.8 Å². The van der Waals surface area contributed by atoms with Gasteiger partial charge in [-0.05, 0) is 107 Å². The third-order valence-electron chi connectivity index (χ3n) is 7.45. The van der Waals surface area contributed by atoms with Crippen LogP contribution in [0.15, 0.2) is 77.7 Å². The van der Waals surface area contributed by atoms with E-state index in [9.17, 15) is 14.4 Å². The van der Waals surface area contributed by atoms with Crippen molar-refractivity contribution in [1.82, 2.24) is 4.90 Å². The molecule has 4 aliphatic rings. The van der Waals surface area contributed by atoms with Gasteiger partial charge in [-0.2, -0.15) is 0 Å². The fraction of sp³-hybridized carbons (Fsp3) is 0.114. The summed E-state index contributed by atoms with van der Waals surface area (Å²) >= 11 is 1.60. The van der Waals surface area contributed by atoms with Crippen molar-refractivity contribution in [1.29, 1.82) is 0 Å². The van der Waals surface area contributed by atoms with Gasteiger partial charge in [-0.15, -0.1) is 11.8 Å². The van der Waals surface area contributed by atoms with Crippen molar-refractivity contribution in [2.75, 3.05) is 12.0 Å². The van der Waals surface area contributed by atoms with Gasteiger partial charge in [0.05, 0.1) is 24.3 Å². The maximum atomic E-state index is 13.7. The number of fused-ring (bicyclic) bond motifs is 1. The SMILES string of the molecule is COc1ccc(N2C(=O)[C@@H](N3C(=O)c4ccccc4C3=O)[C@H]2[C]2[CH][CH][CH][C]2Sc2ccc(C)cc2)cc1.[CH]1[CH][CH][CH][CH]1.[Fe+2]. The first-order valence-electron chi connectivity index (χ1n) is 13.6. The Hall–Kier alpha value is -3.06. The molecule has 3 aromatic carbocycles. The molecule has 6 nitrogen and oxygen atoms in total. The number of ether oxygens (including phenoxy) is 1. The molecule has 2 aliphatic heterocycles. The smallest absolute Gasteiger partial charge is 0.497 e. The van der Waals surface area contributed by atoms with Crippen LogP contribution < -0.4 is 9.64 Å². The molecule has 0 N–H and O–H groups in total. The summed E-state index contributed by atoms with van der Waals surface area (Å²) in [6.45, 7) is 2.04. The molecule has 0 aromatic heterocycles. The molecule has 2 saturated carbocycles. The molecule has 0 unspecified atom stereocenters. The maximum absolute atomic E-state index is 13.7. The Bertz CT molecular complexity index is 1410. The summed E-state index contributed by atoms with van der Waals surface area (Å²) in [5.41, 5.74) is 2.52. The van der Waals surface area contributed by atoms with Crippen molar-refractivity contribution in [3.05, 3.63) is 152 Å². The Morgan fingerprint density at radius 1 is 0.674 bits per heavy atom. The average molecular weight is 629 g/mol. The molecule has 8 heteroatoms. The van der Waals surface area contributed by atoms with E-state index >= 15 is 0 Å². The van der Waals surface area contributed by atoms with Crippen molar-refractivity contribution >= 4 is 35.2 Å². The van der Waals surface area contributed by atoms with Crippen LogP contribution in [0.1, 0.15) is 26.3 Å².